The zero-order valence-electron chi connectivity index (χ0n) is 21.5. The summed E-state index contributed by atoms with van der Waals surface area (Å²) in [4.78, 5) is 23.4. The third-order valence-corrected chi connectivity index (χ3v) is 7.27. The number of nitrogens with zero attached hydrogens (tertiary/aromatic N) is 4. The van der Waals surface area contributed by atoms with Crippen molar-refractivity contribution in [3.63, 3.8) is 0 Å². The number of esters is 1. The van der Waals surface area contributed by atoms with Crippen molar-refractivity contribution in [3.8, 4) is 0 Å². The Kier molecular flexibility index (Phi) is 10.8. The van der Waals surface area contributed by atoms with Crippen LogP contribution in [0.25, 0.3) is 11.2 Å². The molecule has 0 saturated carbocycles. The number of ether oxygens (including phenoxy) is 2. The molecule has 1 saturated heterocycles. The van der Waals surface area contributed by atoms with Crippen LogP contribution in [0.4, 0.5) is 10.2 Å². The largest absolute Gasteiger partial charge is 0.464 e. The lowest BCUT2D eigenvalue weighted by Gasteiger charge is -2.27. The Morgan fingerprint density at radius 1 is 1.32 bits per heavy atom. The van der Waals surface area contributed by atoms with Gasteiger partial charge in [-0.05, 0) is 20.3 Å². The highest BCUT2D eigenvalue weighted by molar-refractivity contribution is 7.33. The summed E-state index contributed by atoms with van der Waals surface area (Å²) >= 11 is 0. The van der Waals surface area contributed by atoms with E-state index < -0.39 is 44.3 Å². The van der Waals surface area contributed by atoms with E-state index in [0.717, 1.165) is 19.3 Å². The van der Waals surface area contributed by atoms with Gasteiger partial charge in [0.05, 0.1) is 25.6 Å². The molecule has 5 atom stereocenters. The number of nitrogens with two attached hydrogens (primary N) is 1. The summed E-state index contributed by atoms with van der Waals surface area (Å²) < 4.78 is 49.1. The molecule has 2 aromatic heterocycles. The Balaban J connectivity index is 1.43. The number of fused-ring (bicyclic) bond motifs is 1. The number of hydrogen-bond donors (Lipinski definition) is 2. The summed E-state index contributed by atoms with van der Waals surface area (Å²) in [5.41, 5.74) is 4.76. The molecular weight excluding hydrogens is 508 g/mol. The zero-order chi connectivity index (χ0) is 27.0. The second-order valence-corrected chi connectivity index (χ2v) is 10.5. The predicted molar refractivity (Wildman–Crippen MR) is 133 cm³/mol. The topological polar surface area (TPSA) is 161 Å². The number of aliphatic hydroxyl groups is 1. The van der Waals surface area contributed by atoms with Gasteiger partial charge in [0.25, 0.3) is 0 Å². The minimum absolute atomic E-state index is 0.111. The highest BCUT2D eigenvalue weighted by Gasteiger charge is 2.46. The second-order valence-electron chi connectivity index (χ2n) is 9.43. The number of carbonyl (C=O) groups is 1. The second kappa shape index (κ2) is 13.6. The number of nitrogen functional groups attached to an aromatic ring is 1. The number of carbonyl (C=O) groups excluding carboxylic acids is 1. The van der Waals surface area contributed by atoms with Crippen LogP contribution in [0.3, 0.4) is 0 Å². The summed E-state index contributed by atoms with van der Waals surface area (Å²) in [6.45, 7) is 5.20. The number of rotatable bonds is 15. The number of aliphatic hydroxyl groups excluding tert-OH is 1. The van der Waals surface area contributed by atoms with E-state index in [1.807, 2.05) is 0 Å². The minimum Gasteiger partial charge on any atom is -0.464 e. The van der Waals surface area contributed by atoms with Crippen LogP contribution in [-0.4, -0.2) is 61.6 Å². The highest BCUT2D eigenvalue weighted by Crippen LogP contribution is 2.40. The fraction of sp³-hybridized carbons (Fsp3) is 0.739. The van der Waals surface area contributed by atoms with Crippen LogP contribution in [0.1, 0.15) is 78.4 Å². The average molecular weight is 546 g/mol. The summed E-state index contributed by atoms with van der Waals surface area (Å²) in [5, 5.41) is 10.6. The van der Waals surface area contributed by atoms with Gasteiger partial charge in [0.15, 0.2) is 23.1 Å². The molecule has 1 unspecified atom stereocenters. The van der Waals surface area contributed by atoms with Gasteiger partial charge in [-0.15, -0.1) is 0 Å². The van der Waals surface area contributed by atoms with Crippen LogP contribution < -0.4 is 5.73 Å². The maximum atomic E-state index is 13.7. The number of halogens is 1. The number of anilines is 1. The first kappa shape index (κ1) is 29.4. The molecule has 0 radical (unpaired) electrons. The lowest BCUT2D eigenvalue weighted by Crippen LogP contribution is -2.40. The summed E-state index contributed by atoms with van der Waals surface area (Å²) in [5.74, 6) is -0.728. The van der Waals surface area contributed by atoms with E-state index in [0.29, 0.717) is 0 Å². The van der Waals surface area contributed by atoms with Crippen molar-refractivity contribution in [2.24, 2.45) is 0 Å². The molecule has 208 valence electrons. The first-order valence-corrected chi connectivity index (χ1v) is 13.9. The monoisotopic (exact) mass is 545 g/mol. The molecule has 3 N–H and O–H groups in total. The lowest BCUT2D eigenvalue weighted by atomic mass is 10.0. The Morgan fingerprint density at radius 2 is 2.03 bits per heavy atom. The van der Waals surface area contributed by atoms with Crippen LogP contribution >= 0.6 is 8.25 Å². The van der Waals surface area contributed by atoms with Crippen molar-refractivity contribution in [2.45, 2.75) is 96.2 Å². The fourth-order valence-electron chi connectivity index (χ4n) is 4.08. The molecule has 1 fully saturated rings. The number of unbranched alkanes of at least 4 members (excludes halogenated alkanes) is 6. The van der Waals surface area contributed by atoms with Gasteiger partial charge in [0.1, 0.15) is 11.8 Å². The Bertz CT molecular complexity index is 1070. The summed E-state index contributed by atoms with van der Waals surface area (Å²) in [7, 11) is -3.09. The Hall–Kier alpha value is -2.18. The fourth-order valence-corrected chi connectivity index (χ4v) is 4.94. The molecule has 0 aromatic carbocycles. The number of imidazole rings is 1. The van der Waals surface area contributed by atoms with Gasteiger partial charge in [-0.1, -0.05) is 45.4 Å². The molecule has 0 bridgehead atoms. The van der Waals surface area contributed by atoms with E-state index in [4.69, 9.17) is 24.3 Å². The van der Waals surface area contributed by atoms with Gasteiger partial charge in [-0.25, -0.2) is 9.78 Å². The number of aromatic nitrogens is 4. The molecular formula is C23H37FN5O7P. The van der Waals surface area contributed by atoms with E-state index in [1.165, 1.54) is 43.5 Å². The van der Waals surface area contributed by atoms with E-state index in [2.05, 4.69) is 21.9 Å². The van der Waals surface area contributed by atoms with Crippen LogP contribution in [0.5, 0.6) is 0 Å². The molecule has 12 nitrogen and oxygen atoms in total. The summed E-state index contributed by atoms with van der Waals surface area (Å²) in [6, 6.07) is 0. The van der Waals surface area contributed by atoms with Gasteiger partial charge in [0, 0.05) is 6.42 Å². The normalized spacial score (nSPS) is 23.4. The SMILES string of the molecule is CCCCCCCCCOC(=O)[C@H](C)O[PH](=O)OC[C@@]1(C)O[C@@H](n2cnc3c(N)nc(F)nc32)C[C@@H]1O. The number of hydrogen-bond acceptors (Lipinski definition) is 11. The van der Waals surface area contributed by atoms with Crippen LogP contribution in [0.2, 0.25) is 0 Å². The van der Waals surface area contributed by atoms with Crippen LogP contribution in [0, 0.1) is 6.08 Å². The third-order valence-electron chi connectivity index (χ3n) is 6.34. The Labute approximate surface area is 216 Å². The van der Waals surface area contributed by atoms with Gasteiger partial charge < -0.3 is 24.8 Å². The van der Waals surface area contributed by atoms with Crippen molar-refractivity contribution in [3.05, 3.63) is 12.4 Å². The smallest absolute Gasteiger partial charge is 0.335 e. The zero-order valence-corrected chi connectivity index (χ0v) is 22.5. The standard InChI is InChI=1S/C23H37FN5O7P/c1-4-5-6-7-8-9-10-11-33-21(31)15(2)36-37(32)34-13-23(3)16(30)12-17(35-23)29-14-26-18-19(25)27-22(24)28-20(18)29/h14-17,30,37H,4-13H2,1-3H3,(H2,25,27,28)/t15-,16-,17+,23+/m0/s1. The van der Waals surface area contributed by atoms with E-state index in [1.54, 1.807) is 6.92 Å². The first-order chi connectivity index (χ1) is 17.6. The predicted octanol–water partition coefficient (Wildman–Crippen LogP) is 3.69. The van der Waals surface area contributed by atoms with Gasteiger partial charge in [-0.2, -0.15) is 14.4 Å². The van der Waals surface area contributed by atoms with Crippen LogP contribution in [-0.2, 0) is 27.9 Å². The maximum Gasteiger partial charge on any atom is 0.335 e. The molecule has 3 rings (SSSR count). The van der Waals surface area contributed by atoms with Crippen molar-refractivity contribution in [1.29, 1.82) is 0 Å². The highest BCUT2D eigenvalue weighted by atomic mass is 31.1. The quantitative estimate of drug-likeness (QED) is 0.145. The Morgan fingerprint density at radius 3 is 2.76 bits per heavy atom. The first-order valence-electron chi connectivity index (χ1n) is 12.7. The third kappa shape index (κ3) is 7.90. The molecule has 14 heteroatoms. The molecule has 3 heterocycles. The molecule has 0 amide bonds. The van der Waals surface area contributed by atoms with E-state index in [9.17, 15) is 18.9 Å². The maximum absolute atomic E-state index is 13.7. The molecule has 2 aromatic rings. The van der Waals surface area contributed by atoms with Crippen molar-refractivity contribution in [2.75, 3.05) is 18.9 Å². The molecule has 37 heavy (non-hydrogen) atoms. The average Bonchev–Trinajstić information content (AvgIpc) is 3.40. The minimum atomic E-state index is -3.09. The van der Waals surface area contributed by atoms with Crippen molar-refractivity contribution < 1.29 is 37.4 Å². The van der Waals surface area contributed by atoms with Gasteiger partial charge >= 0.3 is 20.3 Å². The van der Waals surface area contributed by atoms with Crippen molar-refractivity contribution in [1.82, 2.24) is 19.5 Å². The van der Waals surface area contributed by atoms with Gasteiger partial charge in [-0.3, -0.25) is 13.7 Å². The molecule has 0 aliphatic carbocycles. The van der Waals surface area contributed by atoms with E-state index >= 15 is 0 Å². The van der Waals surface area contributed by atoms with Crippen LogP contribution in [0.15, 0.2) is 6.33 Å². The summed E-state index contributed by atoms with van der Waals surface area (Å²) in [6.07, 6.45) is 5.33. The molecule has 1 aliphatic rings. The van der Waals surface area contributed by atoms with E-state index in [-0.39, 0.29) is 36.6 Å². The van der Waals surface area contributed by atoms with Crippen molar-refractivity contribution >= 4 is 31.2 Å². The lowest BCUT2D eigenvalue weighted by molar-refractivity contribution is -0.151. The molecule has 1 aliphatic heterocycles. The molecule has 0 spiro atoms. The van der Waals surface area contributed by atoms with Gasteiger partial charge in [0.2, 0.25) is 0 Å².